The molecule has 8 heteroatoms. The number of hydrogen-bond acceptors (Lipinski definition) is 3. The van der Waals surface area contributed by atoms with Crippen molar-refractivity contribution < 1.29 is 9.18 Å². The van der Waals surface area contributed by atoms with Crippen LogP contribution in [0.1, 0.15) is 25.1 Å². The van der Waals surface area contributed by atoms with Crippen LogP contribution in [0.3, 0.4) is 0 Å². The smallest absolute Gasteiger partial charge is 0.342 e. The van der Waals surface area contributed by atoms with Gasteiger partial charge in [-0.15, -0.1) is 0 Å². The van der Waals surface area contributed by atoms with Gasteiger partial charge in [-0.3, -0.25) is 4.79 Å². The number of amides is 1. The number of aromatic nitrogens is 3. The molecule has 4 aromatic rings. The molecular weight excluding hydrogens is 467 g/mol. The van der Waals surface area contributed by atoms with Crippen LogP contribution < -0.4 is 5.69 Å². The molecule has 0 spiro atoms. The molecule has 1 amide bonds. The predicted molar refractivity (Wildman–Crippen MR) is 133 cm³/mol. The summed E-state index contributed by atoms with van der Waals surface area (Å²) in [5.41, 5.74) is 0.904. The van der Waals surface area contributed by atoms with E-state index in [9.17, 15) is 9.59 Å². The highest BCUT2D eigenvalue weighted by molar-refractivity contribution is 6.33. The number of carbonyl (C=O) groups excluding carboxylic acids is 1. The van der Waals surface area contributed by atoms with Crippen LogP contribution >= 0.6 is 11.6 Å². The molecule has 1 aliphatic heterocycles. The van der Waals surface area contributed by atoms with Gasteiger partial charge >= 0.3 is 5.69 Å². The average molecular weight is 491 g/mol. The number of halogens is 2. The number of aromatic amines is 1. The molecule has 1 aliphatic carbocycles. The van der Waals surface area contributed by atoms with Gasteiger partial charge in [0.05, 0.1) is 10.7 Å². The summed E-state index contributed by atoms with van der Waals surface area (Å²) in [4.78, 5) is 26.9. The Hall–Kier alpha value is -3.45. The Labute approximate surface area is 206 Å². The van der Waals surface area contributed by atoms with Crippen molar-refractivity contribution in [3.8, 4) is 16.8 Å². The summed E-state index contributed by atoms with van der Waals surface area (Å²) in [5.74, 6) is 0.471. The number of H-pyrrole nitrogens is 1. The predicted octanol–water partition coefficient (Wildman–Crippen LogP) is 4.97. The quantitative estimate of drug-likeness (QED) is 0.429. The van der Waals surface area contributed by atoms with E-state index in [1.54, 1.807) is 0 Å². The van der Waals surface area contributed by atoms with E-state index in [4.69, 9.17) is 11.6 Å². The summed E-state index contributed by atoms with van der Waals surface area (Å²) in [6, 6.07) is 16.7. The van der Waals surface area contributed by atoms with Gasteiger partial charge in [-0.2, -0.15) is 5.10 Å². The molecule has 3 aromatic carbocycles. The second-order valence-corrected chi connectivity index (χ2v) is 9.95. The van der Waals surface area contributed by atoms with Gasteiger partial charge in [0.15, 0.2) is 0 Å². The maximum Gasteiger partial charge on any atom is 0.348 e. The van der Waals surface area contributed by atoms with Crippen LogP contribution in [0.4, 0.5) is 4.39 Å². The molecule has 35 heavy (non-hydrogen) atoms. The molecule has 0 radical (unpaired) electrons. The third kappa shape index (κ3) is 4.14. The summed E-state index contributed by atoms with van der Waals surface area (Å²) in [7, 11) is 0. The molecule has 6 nitrogen and oxygen atoms in total. The Morgan fingerprint density at radius 3 is 2.69 bits per heavy atom. The largest absolute Gasteiger partial charge is 0.348 e. The number of benzene rings is 3. The van der Waals surface area contributed by atoms with Gasteiger partial charge in [-0.25, -0.2) is 18.9 Å². The van der Waals surface area contributed by atoms with Gasteiger partial charge in [0, 0.05) is 31.0 Å². The van der Waals surface area contributed by atoms with E-state index in [1.807, 2.05) is 47.4 Å². The zero-order chi connectivity index (χ0) is 24.1. The highest BCUT2D eigenvalue weighted by Crippen LogP contribution is 2.35. The van der Waals surface area contributed by atoms with E-state index in [-0.39, 0.29) is 23.4 Å². The molecule has 178 valence electrons. The fraction of sp³-hybridized carbons (Fsp3) is 0.296. The van der Waals surface area contributed by atoms with Crippen LogP contribution in [0.5, 0.6) is 0 Å². The molecular formula is C27H24ClFN4O2. The van der Waals surface area contributed by atoms with Crippen molar-refractivity contribution in [2.45, 2.75) is 25.7 Å². The first-order valence-electron chi connectivity index (χ1n) is 11.9. The molecule has 2 fully saturated rings. The lowest BCUT2D eigenvalue weighted by Crippen LogP contribution is -2.30. The minimum atomic E-state index is -0.556. The van der Waals surface area contributed by atoms with Crippen molar-refractivity contribution in [3.63, 3.8) is 0 Å². The number of carbonyl (C=O) groups is 1. The Balaban J connectivity index is 1.29. The van der Waals surface area contributed by atoms with Crippen LogP contribution in [0.25, 0.3) is 27.6 Å². The van der Waals surface area contributed by atoms with Crippen molar-refractivity contribution in [2.24, 2.45) is 11.8 Å². The standard InChI is InChI=1S/C27H24ClFN4O2/c28-22-14-24(23(29)13-21(22)20-8-5-17-3-1-2-4-19(17)12-20)33-25(30-31-27(33)35)11-16-9-10-32(15-16)26(34)18-6-7-18/h1-5,8,12-14,16,18H,6-7,9-11,15H2,(H,31,35)/t16-/m0/s1. The van der Waals surface area contributed by atoms with Gasteiger partial charge in [0.25, 0.3) is 0 Å². The second kappa shape index (κ2) is 8.64. The zero-order valence-electron chi connectivity index (χ0n) is 19.0. The Morgan fingerprint density at radius 2 is 1.89 bits per heavy atom. The van der Waals surface area contributed by atoms with Crippen LogP contribution in [0, 0.1) is 17.7 Å². The first-order valence-corrected chi connectivity index (χ1v) is 12.3. The minimum absolute atomic E-state index is 0.0669. The number of fused-ring (bicyclic) bond motifs is 1. The van der Waals surface area contributed by atoms with Crippen molar-refractivity contribution in [1.82, 2.24) is 19.7 Å². The van der Waals surface area contributed by atoms with Crippen LogP contribution in [0.2, 0.25) is 5.02 Å². The molecule has 1 atom stereocenters. The molecule has 0 bridgehead atoms. The van der Waals surface area contributed by atoms with Crippen molar-refractivity contribution >= 4 is 28.3 Å². The summed E-state index contributed by atoms with van der Waals surface area (Å²) < 4.78 is 16.7. The van der Waals surface area contributed by atoms with E-state index in [0.717, 1.165) is 42.1 Å². The van der Waals surface area contributed by atoms with Gasteiger partial charge < -0.3 is 4.90 Å². The lowest BCUT2D eigenvalue weighted by Gasteiger charge is -2.16. The summed E-state index contributed by atoms with van der Waals surface area (Å²) in [6.07, 6.45) is 3.27. The van der Waals surface area contributed by atoms with E-state index < -0.39 is 11.5 Å². The molecule has 1 aromatic heterocycles. The highest BCUT2D eigenvalue weighted by atomic mass is 35.5. The van der Waals surface area contributed by atoms with E-state index in [2.05, 4.69) is 10.2 Å². The number of likely N-dealkylation sites (tertiary alicyclic amines) is 1. The zero-order valence-corrected chi connectivity index (χ0v) is 19.8. The lowest BCUT2D eigenvalue weighted by molar-refractivity contribution is -0.131. The van der Waals surface area contributed by atoms with Crippen LogP contribution in [0.15, 0.2) is 59.4 Å². The Morgan fingerprint density at radius 1 is 1.09 bits per heavy atom. The molecule has 1 N–H and O–H groups in total. The first kappa shape index (κ1) is 22.0. The molecule has 1 saturated carbocycles. The lowest BCUT2D eigenvalue weighted by atomic mass is 10.0. The van der Waals surface area contributed by atoms with Crippen molar-refractivity contribution in [2.75, 3.05) is 13.1 Å². The second-order valence-electron chi connectivity index (χ2n) is 9.54. The maximum atomic E-state index is 15.4. The number of hydrogen-bond donors (Lipinski definition) is 1. The average Bonchev–Trinajstić information content (AvgIpc) is 3.51. The molecule has 1 saturated heterocycles. The molecule has 0 unspecified atom stereocenters. The number of nitrogens with one attached hydrogen (secondary N) is 1. The molecule has 6 rings (SSSR count). The fourth-order valence-corrected chi connectivity index (χ4v) is 5.31. The number of nitrogens with zero attached hydrogens (tertiary/aromatic N) is 3. The Kier molecular flexibility index (Phi) is 5.44. The van der Waals surface area contributed by atoms with Crippen molar-refractivity contribution in [3.05, 3.63) is 81.7 Å². The SMILES string of the molecule is O=C(C1CC1)N1CC[C@@H](Cc2n[nH]c(=O)n2-c2cc(Cl)c(-c3ccc4ccccc4c3)cc2F)C1. The van der Waals surface area contributed by atoms with E-state index in [1.165, 1.54) is 16.7 Å². The van der Waals surface area contributed by atoms with Crippen molar-refractivity contribution in [1.29, 1.82) is 0 Å². The van der Waals surface area contributed by atoms with Gasteiger partial charge in [-0.1, -0.05) is 48.0 Å². The Bertz CT molecular complexity index is 1510. The van der Waals surface area contributed by atoms with E-state index >= 15 is 4.39 Å². The fourth-order valence-electron chi connectivity index (χ4n) is 5.05. The molecule has 2 heterocycles. The van der Waals surface area contributed by atoms with Gasteiger partial charge in [-0.05, 0) is 59.7 Å². The van der Waals surface area contributed by atoms with Gasteiger partial charge in [0.2, 0.25) is 5.91 Å². The third-order valence-corrected chi connectivity index (χ3v) is 7.39. The highest BCUT2D eigenvalue weighted by Gasteiger charge is 2.37. The van der Waals surface area contributed by atoms with Crippen LogP contribution in [-0.2, 0) is 11.2 Å². The number of rotatable bonds is 5. The van der Waals surface area contributed by atoms with Crippen LogP contribution in [-0.4, -0.2) is 38.7 Å². The summed E-state index contributed by atoms with van der Waals surface area (Å²) >= 11 is 6.61. The monoisotopic (exact) mass is 490 g/mol. The summed E-state index contributed by atoms with van der Waals surface area (Å²) in [6.45, 7) is 1.36. The maximum absolute atomic E-state index is 15.4. The normalized spacial score (nSPS) is 17.9. The van der Waals surface area contributed by atoms with E-state index in [0.29, 0.717) is 29.4 Å². The minimum Gasteiger partial charge on any atom is -0.342 e. The molecule has 2 aliphatic rings. The van der Waals surface area contributed by atoms with Gasteiger partial charge in [0.1, 0.15) is 11.6 Å². The summed E-state index contributed by atoms with van der Waals surface area (Å²) in [5, 5.41) is 9.09. The topological polar surface area (TPSA) is 71.0 Å². The third-order valence-electron chi connectivity index (χ3n) is 7.08. The first-order chi connectivity index (χ1) is 17.0.